The van der Waals surface area contributed by atoms with E-state index >= 15 is 0 Å². The Morgan fingerprint density at radius 2 is 1.80 bits per heavy atom. The molecule has 2 aromatic rings. The van der Waals surface area contributed by atoms with Crippen molar-refractivity contribution >= 4 is 22.4 Å². The van der Waals surface area contributed by atoms with Crippen molar-refractivity contribution in [3.05, 3.63) is 29.8 Å². The Labute approximate surface area is 154 Å². The molecular weight excluding hydrogens is 330 g/mol. The predicted molar refractivity (Wildman–Crippen MR) is 104 cm³/mol. The smallest absolute Gasteiger partial charge is 0.232 e. The van der Waals surface area contributed by atoms with E-state index in [1.165, 1.54) is 16.9 Å². The third-order valence-electron chi connectivity index (χ3n) is 4.83. The van der Waals surface area contributed by atoms with Crippen LogP contribution < -0.4 is 4.90 Å². The summed E-state index contributed by atoms with van der Waals surface area (Å²) in [5.74, 6) is 0.368. The molecule has 0 spiro atoms. The molecule has 0 bridgehead atoms. The second-order valence-corrected chi connectivity index (χ2v) is 9.10. The van der Waals surface area contributed by atoms with Crippen LogP contribution in [0.15, 0.2) is 24.3 Å². The van der Waals surface area contributed by atoms with Gasteiger partial charge in [-0.05, 0) is 37.7 Å². The predicted octanol–water partition coefficient (Wildman–Crippen LogP) is 5.04. The average molecular weight is 358 g/mol. The lowest BCUT2D eigenvalue weighted by atomic mass is 9.84. The van der Waals surface area contributed by atoms with E-state index in [-0.39, 0.29) is 23.3 Å². The largest absolute Gasteiger partial charge is 0.284 e. The van der Waals surface area contributed by atoms with E-state index in [2.05, 4.69) is 55.2 Å². The van der Waals surface area contributed by atoms with Crippen LogP contribution in [-0.2, 0) is 10.2 Å². The van der Waals surface area contributed by atoms with Crippen LogP contribution in [0.1, 0.15) is 59.4 Å². The van der Waals surface area contributed by atoms with Gasteiger partial charge in [0.05, 0.1) is 0 Å². The van der Waals surface area contributed by atoms with Crippen LogP contribution in [0, 0.1) is 5.92 Å². The molecule has 5 heteroatoms. The Bertz CT molecular complexity index is 739. The third kappa shape index (κ3) is 3.76. The van der Waals surface area contributed by atoms with Crippen LogP contribution in [0.5, 0.6) is 0 Å². The summed E-state index contributed by atoms with van der Waals surface area (Å²) in [6.07, 6.45) is 3.16. The lowest BCUT2D eigenvalue weighted by Gasteiger charge is -2.32. The minimum absolute atomic E-state index is 0.0946. The Morgan fingerprint density at radius 3 is 2.28 bits per heavy atom. The van der Waals surface area contributed by atoms with Gasteiger partial charge >= 0.3 is 0 Å². The van der Waals surface area contributed by atoms with E-state index in [9.17, 15) is 4.79 Å². The highest BCUT2D eigenvalue weighted by atomic mass is 32.1. The Hall–Kier alpha value is -1.75. The van der Waals surface area contributed by atoms with Gasteiger partial charge in [-0.25, -0.2) is 0 Å². The SMILES string of the molecule is CC(C)N(C(=O)C1CCC1)c1nnc(-c2ccc(C(C)(C)C)cc2)s1. The molecule has 25 heavy (non-hydrogen) atoms. The maximum atomic E-state index is 12.7. The number of amides is 1. The van der Waals surface area contributed by atoms with Gasteiger partial charge in [-0.15, -0.1) is 10.2 Å². The normalized spacial score (nSPS) is 15.3. The quantitative estimate of drug-likeness (QED) is 0.770. The monoisotopic (exact) mass is 357 g/mol. The molecule has 0 unspecified atom stereocenters. The molecule has 1 heterocycles. The summed E-state index contributed by atoms with van der Waals surface area (Å²) in [6, 6.07) is 8.58. The highest BCUT2D eigenvalue weighted by molar-refractivity contribution is 7.18. The first-order valence-corrected chi connectivity index (χ1v) is 9.86. The van der Waals surface area contributed by atoms with Crippen molar-refractivity contribution in [2.45, 2.75) is 65.3 Å². The van der Waals surface area contributed by atoms with Gasteiger partial charge < -0.3 is 0 Å². The van der Waals surface area contributed by atoms with Gasteiger partial charge in [-0.3, -0.25) is 9.69 Å². The van der Waals surface area contributed by atoms with Crippen molar-refractivity contribution in [2.24, 2.45) is 5.92 Å². The summed E-state index contributed by atoms with van der Waals surface area (Å²) in [7, 11) is 0. The first-order valence-electron chi connectivity index (χ1n) is 9.05. The molecular formula is C20H27N3OS. The lowest BCUT2D eigenvalue weighted by Crippen LogP contribution is -2.43. The second-order valence-electron chi connectivity index (χ2n) is 8.15. The van der Waals surface area contributed by atoms with Crippen molar-refractivity contribution in [1.82, 2.24) is 10.2 Å². The number of carbonyl (C=O) groups excluding carboxylic acids is 1. The Kier molecular flexibility index (Phi) is 4.96. The van der Waals surface area contributed by atoms with Gasteiger partial charge in [-0.2, -0.15) is 0 Å². The Morgan fingerprint density at radius 1 is 1.16 bits per heavy atom. The number of anilines is 1. The van der Waals surface area contributed by atoms with Crippen LogP contribution in [0.25, 0.3) is 10.6 Å². The standard InChI is InChI=1S/C20H27N3OS/c1-13(2)23(18(24)15-7-6-8-15)19-22-21-17(25-19)14-9-11-16(12-10-14)20(3,4)5/h9-13,15H,6-8H2,1-5H3. The zero-order valence-electron chi connectivity index (χ0n) is 15.7. The fourth-order valence-electron chi connectivity index (χ4n) is 2.96. The minimum atomic E-state index is 0.0946. The van der Waals surface area contributed by atoms with Gasteiger partial charge in [0, 0.05) is 17.5 Å². The molecule has 0 saturated heterocycles. The van der Waals surface area contributed by atoms with E-state index in [0.717, 1.165) is 29.8 Å². The van der Waals surface area contributed by atoms with Gasteiger partial charge in [0.15, 0.2) is 0 Å². The summed E-state index contributed by atoms with van der Waals surface area (Å²) in [5.41, 5.74) is 2.48. The summed E-state index contributed by atoms with van der Waals surface area (Å²) < 4.78 is 0. The molecule has 1 aromatic heterocycles. The first-order chi connectivity index (χ1) is 11.8. The molecule has 1 aromatic carbocycles. The lowest BCUT2D eigenvalue weighted by molar-refractivity contribution is -0.125. The van der Waals surface area contributed by atoms with Crippen LogP contribution in [0.2, 0.25) is 0 Å². The van der Waals surface area contributed by atoms with Crippen LogP contribution >= 0.6 is 11.3 Å². The van der Waals surface area contributed by atoms with Crippen molar-refractivity contribution in [2.75, 3.05) is 4.90 Å². The van der Waals surface area contributed by atoms with Gasteiger partial charge in [0.2, 0.25) is 11.0 Å². The molecule has 0 aliphatic heterocycles. The summed E-state index contributed by atoms with van der Waals surface area (Å²) in [6.45, 7) is 10.7. The van der Waals surface area contributed by atoms with Crippen LogP contribution in [0.4, 0.5) is 5.13 Å². The molecule has 1 aliphatic rings. The molecule has 0 N–H and O–H groups in total. The highest BCUT2D eigenvalue weighted by Crippen LogP contribution is 2.35. The zero-order valence-corrected chi connectivity index (χ0v) is 16.6. The van der Waals surface area contributed by atoms with Crippen molar-refractivity contribution in [3.8, 4) is 10.6 Å². The Balaban J connectivity index is 1.84. The van der Waals surface area contributed by atoms with Crippen molar-refractivity contribution < 1.29 is 4.79 Å². The number of hydrogen-bond acceptors (Lipinski definition) is 4. The molecule has 134 valence electrons. The number of aromatic nitrogens is 2. The van der Waals surface area contributed by atoms with Crippen LogP contribution in [-0.4, -0.2) is 22.1 Å². The molecule has 1 fully saturated rings. The van der Waals surface area contributed by atoms with Crippen molar-refractivity contribution in [3.63, 3.8) is 0 Å². The molecule has 1 amide bonds. The fourth-order valence-corrected chi connectivity index (χ4v) is 3.95. The zero-order chi connectivity index (χ0) is 18.2. The highest BCUT2D eigenvalue weighted by Gasteiger charge is 2.33. The van der Waals surface area contributed by atoms with E-state index in [4.69, 9.17) is 0 Å². The van der Waals surface area contributed by atoms with Crippen molar-refractivity contribution in [1.29, 1.82) is 0 Å². The summed E-state index contributed by atoms with van der Waals surface area (Å²) in [4.78, 5) is 14.6. The third-order valence-corrected chi connectivity index (χ3v) is 5.80. The maximum Gasteiger partial charge on any atom is 0.232 e. The fraction of sp³-hybridized carbons (Fsp3) is 0.550. The van der Waals surface area contributed by atoms with E-state index in [0.29, 0.717) is 5.13 Å². The van der Waals surface area contributed by atoms with Gasteiger partial charge in [0.1, 0.15) is 5.01 Å². The van der Waals surface area contributed by atoms with E-state index in [1.807, 2.05) is 18.7 Å². The number of hydrogen-bond donors (Lipinski definition) is 0. The summed E-state index contributed by atoms with van der Waals surface area (Å²) in [5, 5.41) is 10.2. The number of benzene rings is 1. The first kappa shape index (κ1) is 18.1. The molecule has 3 rings (SSSR count). The number of rotatable bonds is 4. The van der Waals surface area contributed by atoms with Gasteiger partial charge in [0.25, 0.3) is 0 Å². The maximum absolute atomic E-state index is 12.7. The number of carbonyl (C=O) groups is 1. The second kappa shape index (κ2) is 6.87. The van der Waals surface area contributed by atoms with E-state index in [1.54, 1.807) is 0 Å². The molecule has 0 atom stereocenters. The molecule has 1 saturated carbocycles. The topological polar surface area (TPSA) is 46.1 Å². The molecule has 0 radical (unpaired) electrons. The molecule has 1 aliphatic carbocycles. The number of nitrogens with zero attached hydrogens (tertiary/aromatic N) is 3. The minimum Gasteiger partial charge on any atom is -0.284 e. The average Bonchev–Trinajstić information content (AvgIpc) is 2.93. The molecule has 4 nitrogen and oxygen atoms in total. The van der Waals surface area contributed by atoms with Crippen LogP contribution in [0.3, 0.4) is 0 Å². The summed E-state index contributed by atoms with van der Waals surface area (Å²) >= 11 is 1.50. The van der Waals surface area contributed by atoms with Gasteiger partial charge in [-0.1, -0.05) is 62.8 Å². The van der Waals surface area contributed by atoms with E-state index < -0.39 is 0 Å².